The number of hydrogen-bond donors (Lipinski definition) is 3. The number of aliphatic hydroxyl groups excluding tert-OH is 1. The second kappa shape index (κ2) is 13.9. The summed E-state index contributed by atoms with van der Waals surface area (Å²) in [4.78, 5) is 43.2. The minimum atomic E-state index is -0.498. The van der Waals surface area contributed by atoms with Crippen molar-refractivity contribution in [1.82, 2.24) is 14.4 Å². The molecule has 4 aromatic rings. The molecule has 48 heavy (non-hydrogen) atoms. The maximum atomic E-state index is 13.6. The minimum Gasteiger partial charge on any atom is -0.488 e. The monoisotopic (exact) mass is 655 g/mol. The van der Waals surface area contributed by atoms with E-state index < -0.39 is 12.1 Å². The van der Waals surface area contributed by atoms with Gasteiger partial charge >= 0.3 is 6.03 Å². The summed E-state index contributed by atoms with van der Waals surface area (Å²) in [6.45, 7) is 4.25. The lowest BCUT2D eigenvalue weighted by Gasteiger charge is -2.34. The van der Waals surface area contributed by atoms with E-state index >= 15 is 0 Å². The van der Waals surface area contributed by atoms with Gasteiger partial charge in [-0.3, -0.25) is 9.59 Å². The first-order chi connectivity index (χ1) is 23.1. The third-order valence-electron chi connectivity index (χ3n) is 8.96. The second-order valence-corrected chi connectivity index (χ2v) is 12.6. The number of benzene rings is 3. The molecule has 0 radical (unpaired) electrons. The van der Waals surface area contributed by atoms with Crippen LogP contribution in [-0.2, 0) is 29.5 Å². The molecule has 0 saturated carbocycles. The molecule has 0 saturated heterocycles. The van der Waals surface area contributed by atoms with E-state index in [4.69, 9.17) is 14.2 Å². The molecule has 0 fully saturated rings. The normalized spacial score (nSPS) is 17.9. The third kappa shape index (κ3) is 7.03. The van der Waals surface area contributed by atoms with E-state index in [-0.39, 0.29) is 56.5 Å². The Labute approximate surface area is 279 Å². The largest absolute Gasteiger partial charge is 0.488 e. The van der Waals surface area contributed by atoms with Crippen LogP contribution < -0.4 is 24.8 Å². The van der Waals surface area contributed by atoms with Crippen LogP contribution in [0, 0.1) is 5.92 Å². The predicted molar refractivity (Wildman–Crippen MR) is 181 cm³/mol. The molecule has 3 N–H and O–H groups in total. The second-order valence-electron chi connectivity index (χ2n) is 12.6. The van der Waals surface area contributed by atoms with Gasteiger partial charge in [-0.2, -0.15) is 0 Å². The molecular weight excluding hydrogens is 614 g/mol. The summed E-state index contributed by atoms with van der Waals surface area (Å²) in [7, 11) is 3.64. The van der Waals surface area contributed by atoms with Crippen LogP contribution in [0.1, 0.15) is 25.0 Å². The molecule has 6 rings (SSSR count). The van der Waals surface area contributed by atoms with Crippen LogP contribution in [0.25, 0.3) is 10.9 Å². The molecular formula is C36H41N5O7. The number of urea groups is 1. The molecule has 3 atom stereocenters. The first-order valence-electron chi connectivity index (χ1n) is 16.0. The van der Waals surface area contributed by atoms with Crippen molar-refractivity contribution in [2.24, 2.45) is 13.0 Å². The maximum absolute atomic E-state index is 13.6. The van der Waals surface area contributed by atoms with Crippen LogP contribution in [0.4, 0.5) is 16.2 Å². The van der Waals surface area contributed by atoms with Gasteiger partial charge in [0, 0.05) is 66.7 Å². The fourth-order valence-electron chi connectivity index (χ4n) is 6.22. The molecule has 2 aliphatic rings. The molecule has 12 nitrogen and oxygen atoms in total. The number of anilines is 2. The van der Waals surface area contributed by atoms with Crippen molar-refractivity contribution in [3.05, 3.63) is 78.0 Å². The molecule has 0 bridgehead atoms. The van der Waals surface area contributed by atoms with Gasteiger partial charge in [0.15, 0.2) is 11.5 Å². The van der Waals surface area contributed by atoms with Crippen molar-refractivity contribution in [2.45, 2.75) is 38.8 Å². The Morgan fingerprint density at radius 1 is 1.02 bits per heavy atom. The highest BCUT2D eigenvalue weighted by Crippen LogP contribution is 2.34. The van der Waals surface area contributed by atoms with E-state index in [1.54, 1.807) is 55.3 Å². The highest BCUT2D eigenvalue weighted by Gasteiger charge is 2.32. The lowest BCUT2D eigenvalue weighted by Crippen LogP contribution is -2.48. The van der Waals surface area contributed by atoms with Gasteiger partial charge in [0.25, 0.3) is 0 Å². The van der Waals surface area contributed by atoms with E-state index in [9.17, 15) is 19.5 Å². The lowest BCUT2D eigenvalue weighted by atomic mass is 10.0. The number of rotatable bonds is 8. The fourth-order valence-corrected chi connectivity index (χ4v) is 6.22. The molecule has 0 unspecified atom stereocenters. The molecule has 2 aliphatic heterocycles. The maximum Gasteiger partial charge on any atom is 0.321 e. The average Bonchev–Trinajstić information content (AvgIpc) is 3.67. The Morgan fingerprint density at radius 2 is 1.75 bits per heavy atom. The number of aliphatic hydroxyl groups is 1. The van der Waals surface area contributed by atoms with Crippen LogP contribution in [-0.4, -0.2) is 83.0 Å². The summed E-state index contributed by atoms with van der Waals surface area (Å²) >= 11 is 0. The molecule has 0 spiro atoms. The van der Waals surface area contributed by atoms with E-state index in [0.717, 1.165) is 16.5 Å². The third-order valence-corrected chi connectivity index (χ3v) is 8.96. The van der Waals surface area contributed by atoms with E-state index in [1.165, 1.54) is 4.90 Å². The van der Waals surface area contributed by atoms with Gasteiger partial charge in [0.05, 0.1) is 32.0 Å². The summed E-state index contributed by atoms with van der Waals surface area (Å²) in [5.41, 5.74) is 3.68. The van der Waals surface area contributed by atoms with E-state index in [1.807, 2.05) is 49.0 Å². The summed E-state index contributed by atoms with van der Waals surface area (Å²) in [6.07, 6.45) is 1.68. The highest BCUT2D eigenvalue weighted by molar-refractivity contribution is 5.96. The number of aryl methyl sites for hydroxylation is 1. The van der Waals surface area contributed by atoms with Crippen molar-refractivity contribution in [1.29, 1.82) is 0 Å². The number of nitrogens with one attached hydrogen (secondary N) is 2. The highest BCUT2D eigenvalue weighted by atomic mass is 16.7. The van der Waals surface area contributed by atoms with Crippen molar-refractivity contribution >= 4 is 40.1 Å². The number of amides is 4. The summed E-state index contributed by atoms with van der Waals surface area (Å²) in [5, 5.41) is 16.9. The topological polar surface area (TPSA) is 135 Å². The fraction of sp³-hybridized carbons (Fsp3) is 0.361. The number of nitrogens with zero attached hydrogens (tertiary/aromatic N) is 3. The van der Waals surface area contributed by atoms with Crippen LogP contribution in [0.2, 0.25) is 0 Å². The van der Waals surface area contributed by atoms with Crippen molar-refractivity contribution < 1.29 is 33.7 Å². The van der Waals surface area contributed by atoms with Gasteiger partial charge < -0.3 is 44.3 Å². The van der Waals surface area contributed by atoms with Crippen LogP contribution in [0.15, 0.2) is 66.9 Å². The standard InChI is InChI=1S/C36H41N5O7/c1-22-17-41(23(2)20-42)35(44)15-24-13-26(37-34(43)14-25-18-39(3)29-8-6-5-7-28(25)29)9-11-30(24)48-33(22)19-40(4)36(45)38-27-10-12-31-32(16-27)47-21-46-31/h5-13,16,18,22-23,33,42H,14-15,17,19-21H2,1-4H3,(H,37,43)(H,38,45)/t22-,23+,33+/m1/s1. The van der Waals surface area contributed by atoms with Gasteiger partial charge in [-0.05, 0) is 48.9 Å². The number of hydrogen-bond acceptors (Lipinski definition) is 7. The summed E-state index contributed by atoms with van der Waals surface area (Å²) < 4.78 is 19.4. The lowest BCUT2D eigenvalue weighted by molar-refractivity contribution is -0.134. The molecule has 1 aromatic heterocycles. The summed E-state index contributed by atoms with van der Waals surface area (Å²) in [6, 6.07) is 17.7. The van der Waals surface area contributed by atoms with E-state index in [2.05, 4.69) is 10.6 Å². The number of ether oxygens (including phenoxy) is 3. The molecule has 12 heteroatoms. The van der Waals surface area contributed by atoms with Crippen LogP contribution in [0.3, 0.4) is 0 Å². The van der Waals surface area contributed by atoms with Crippen molar-refractivity contribution in [3.8, 4) is 17.2 Å². The Kier molecular flexibility index (Phi) is 9.44. The molecule has 252 valence electrons. The molecule has 4 amide bonds. The Balaban J connectivity index is 1.20. The number of likely N-dealkylation sites (N-methyl/N-ethyl adjacent to an activating group) is 1. The number of carbonyl (C=O) groups is 3. The number of aromatic nitrogens is 1. The van der Waals surface area contributed by atoms with Crippen LogP contribution in [0.5, 0.6) is 17.2 Å². The smallest absolute Gasteiger partial charge is 0.321 e. The zero-order chi connectivity index (χ0) is 33.9. The number of carbonyl (C=O) groups excluding carboxylic acids is 3. The Morgan fingerprint density at radius 3 is 2.54 bits per heavy atom. The molecule has 0 aliphatic carbocycles. The van der Waals surface area contributed by atoms with E-state index in [0.29, 0.717) is 40.7 Å². The first-order valence-corrected chi connectivity index (χ1v) is 16.0. The number of fused-ring (bicyclic) bond motifs is 3. The zero-order valence-electron chi connectivity index (χ0n) is 27.6. The first kappa shape index (κ1) is 32.7. The van der Waals surface area contributed by atoms with Gasteiger partial charge in [-0.15, -0.1) is 0 Å². The average molecular weight is 656 g/mol. The van der Waals surface area contributed by atoms with Crippen molar-refractivity contribution in [3.63, 3.8) is 0 Å². The van der Waals surface area contributed by atoms with Gasteiger partial charge in [-0.1, -0.05) is 25.1 Å². The Hall–Kier alpha value is -5.23. The van der Waals surface area contributed by atoms with Crippen LogP contribution >= 0.6 is 0 Å². The predicted octanol–water partition coefficient (Wildman–Crippen LogP) is 4.40. The van der Waals surface area contributed by atoms with Gasteiger partial charge in [0.2, 0.25) is 18.6 Å². The summed E-state index contributed by atoms with van der Waals surface area (Å²) in [5.74, 6) is 1.13. The van der Waals surface area contributed by atoms with Crippen molar-refractivity contribution in [2.75, 3.05) is 44.2 Å². The zero-order valence-corrected chi connectivity index (χ0v) is 27.6. The van der Waals surface area contributed by atoms with Gasteiger partial charge in [-0.25, -0.2) is 4.79 Å². The molecule has 3 aromatic carbocycles. The quantitative estimate of drug-likeness (QED) is 0.256. The SMILES string of the molecule is C[C@@H]1CN([C@@H](C)CO)C(=O)Cc2cc(NC(=O)Cc3cn(C)c4ccccc34)ccc2O[C@H]1CN(C)C(=O)Nc1ccc2c(c1)OCO2. The Bertz CT molecular complexity index is 1840. The van der Waals surface area contributed by atoms with Gasteiger partial charge in [0.1, 0.15) is 11.9 Å². The molecule has 3 heterocycles. The number of para-hydroxylation sites is 1. The minimum absolute atomic E-state index is 0.0204.